The summed E-state index contributed by atoms with van der Waals surface area (Å²) in [6, 6.07) is 2.66. The maximum absolute atomic E-state index is 5.93. The average Bonchev–Trinajstić information content (AvgIpc) is 2.95. The van der Waals surface area contributed by atoms with Crippen molar-refractivity contribution in [3.05, 3.63) is 22.9 Å². The zero-order chi connectivity index (χ0) is 14.4. The van der Waals surface area contributed by atoms with E-state index < -0.39 is 0 Å². The van der Waals surface area contributed by atoms with Crippen molar-refractivity contribution >= 4 is 23.0 Å². The van der Waals surface area contributed by atoms with Crippen LogP contribution in [0.15, 0.2) is 6.07 Å². The number of hydrogen-bond acceptors (Lipinski definition) is 4. The number of fused-ring (bicyclic) bond motifs is 4. The Morgan fingerprint density at radius 1 is 1.33 bits per heavy atom. The fourth-order valence-electron chi connectivity index (χ4n) is 4.07. The Balaban J connectivity index is 1.63. The summed E-state index contributed by atoms with van der Waals surface area (Å²) in [5.41, 5.74) is 9.43. The van der Waals surface area contributed by atoms with E-state index in [1.807, 2.05) is 0 Å². The van der Waals surface area contributed by atoms with Gasteiger partial charge in [-0.1, -0.05) is 12.2 Å². The number of nitrogens with zero attached hydrogens (tertiary/aromatic N) is 2. The highest BCUT2D eigenvalue weighted by atomic mass is 32.1. The van der Waals surface area contributed by atoms with Crippen LogP contribution < -0.4 is 11.1 Å². The van der Waals surface area contributed by atoms with Crippen LogP contribution in [0, 0.1) is 5.92 Å². The second-order valence-electron chi connectivity index (χ2n) is 6.60. The molecule has 21 heavy (non-hydrogen) atoms. The number of hydrogen-bond donors (Lipinski definition) is 2. The number of rotatable bonds is 3. The van der Waals surface area contributed by atoms with Crippen LogP contribution in [0.25, 0.3) is 0 Å². The third-order valence-corrected chi connectivity index (χ3v) is 5.51. The molecule has 0 saturated carbocycles. The number of anilines is 1. The minimum atomic E-state index is 0.459. The van der Waals surface area contributed by atoms with Crippen LogP contribution >= 0.6 is 12.2 Å². The molecule has 1 aliphatic carbocycles. The Labute approximate surface area is 131 Å². The molecule has 0 aromatic carbocycles. The molecule has 3 aliphatic heterocycles. The monoisotopic (exact) mass is 302 g/mol. The average molecular weight is 302 g/mol. The summed E-state index contributed by atoms with van der Waals surface area (Å²) in [7, 11) is 0. The SMILES string of the molecule is NC(=S)c1cc2c(nc1NC1CN3CCC1CC3)CCC2. The first kappa shape index (κ1) is 13.5. The van der Waals surface area contributed by atoms with Gasteiger partial charge in [-0.05, 0) is 62.7 Å². The predicted octanol–water partition coefficient (Wildman–Crippen LogP) is 1.71. The number of thiocarbonyl (C=S) groups is 1. The number of aryl methyl sites for hydroxylation is 2. The van der Waals surface area contributed by atoms with Crippen molar-refractivity contribution in [3.8, 4) is 0 Å². The van der Waals surface area contributed by atoms with E-state index in [1.165, 1.54) is 43.6 Å². The van der Waals surface area contributed by atoms with Gasteiger partial charge in [-0.15, -0.1) is 0 Å². The first-order chi connectivity index (χ1) is 10.2. The van der Waals surface area contributed by atoms with Crippen molar-refractivity contribution in [2.45, 2.75) is 38.1 Å². The number of piperidine rings is 3. The summed E-state index contributed by atoms with van der Waals surface area (Å²) < 4.78 is 0. The molecule has 4 nitrogen and oxygen atoms in total. The quantitative estimate of drug-likeness (QED) is 0.833. The molecule has 3 N–H and O–H groups in total. The van der Waals surface area contributed by atoms with Gasteiger partial charge < -0.3 is 16.0 Å². The van der Waals surface area contributed by atoms with Gasteiger partial charge in [0.25, 0.3) is 0 Å². The zero-order valence-electron chi connectivity index (χ0n) is 12.3. The largest absolute Gasteiger partial charge is 0.389 e. The van der Waals surface area contributed by atoms with Crippen LogP contribution in [0.4, 0.5) is 5.82 Å². The van der Waals surface area contributed by atoms with E-state index in [0.717, 1.165) is 36.7 Å². The van der Waals surface area contributed by atoms with E-state index in [4.69, 9.17) is 22.9 Å². The summed E-state index contributed by atoms with van der Waals surface area (Å²) in [6.45, 7) is 3.63. The molecule has 112 valence electrons. The molecule has 1 atom stereocenters. The highest BCUT2D eigenvalue weighted by molar-refractivity contribution is 7.80. The predicted molar refractivity (Wildman–Crippen MR) is 88.7 cm³/mol. The van der Waals surface area contributed by atoms with E-state index in [1.54, 1.807) is 0 Å². The van der Waals surface area contributed by atoms with Gasteiger partial charge >= 0.3 is 0 Å². The van der Waals surface area contributed by atoms with E-state index >= 15 is 0 Å². The molecule has 3 saturated heterocycles. The van der Waals surface area contributed by atoms with Crippen LogP contribution in [0.1, 0.15) is 36.1 Å². The topological polar surface area (TPSA) is 54.2 Å². The van der Waals surface area contributed by atoms with Gasteiger partial charge in [0.15, 0.2) is 0 Å². The second-order valence-corrected chi connectivity index (χ2v) is 7.04. The van der Waals surface area contributed by atoms with E-state index in [-0.39, 0.29) is 0 Å². The number of pyridine rings is 1. The number of aromatic nitrogens is 1. The molecule has 5 heteroatoms. The standard InChI is InChI=1S/C16H22N4S/c17-15(21)12-8-11-2-1-3-13(11)18-16(12)19-14-9-20-6-4-10(14)5-7-20/h8,10,14H,1-7,9H2,(H2,17,21)(H,18,19). The lowest BCUT2D eigenvalue weighted by Crippen LogP contribution is -2.53. The van der Waals surface area contributed by atoms with Crippen LogP contribution in [-0.4, -0.2) is 40.5 Å². The van der Waals surface area contributed by atoms with Gasteiger partial charge in [-0.2, -0.15) is 0 Å². The fraction of sp³-hybridized carbons (Fsp3) is 0.625. The van der Waals surface area contributed by atoms with E-state index in [2.05, 4.69) is 16.3 Å². The lowest BCUT2D eigenvalue weighted by molar-refractivity contribution is 0.0973. The molecule has 4 aliphatic rings. The molecule has 1 aromatic heterocycles. The van der Waals surface area contributed by atoms with Gasteiger partial charge in [0.05, 0.1) is 5.56 Å². The summed E-state index contributed by atoms with van der Waals surface area (Å²) in [6.07, 6.45) is 5.98. The third-order valence-electron chi connectivity index (χ3n) is 5.29. The normalized spacial score (nSPS) is 30.2. The first-order valence-corrected chi connectivity index (χ1v) is 8.43. The molecular formula is C16H22N4S. The van der Waals surface area contributed by atoms with Crippen LogP contribution in [0.3, 0.4) is 0 Å². The number of nitrogens with one attached hydrogen (secondary N) is 1. The van der Waals surface area contributed by atoms with Crippen molar-refractivity contribution in [2.75, 3.05) is 25.0 Å². The van der Waals surface area contributed by atoms with Gasteiger partial charge in [-0.25, -0.2) is 4.98 Å². The third kappa shape index (κ3) is 2.42. The Kier molecular flexibility index (Phi) is 3.34. The lowest BCUT2D eigenvalue weighted by Gasteiger charge is -2.45. The summed E-state index contributed by atoms with van der Waals surface area (Å²) in [5.74, 6) is 1.69. The molecule has 2 bridgehead atoms. The van der Waals surface area contributed by atoms with E-state index in [0.29, 0.717) is 11.0 Å². The maximum atomic E-state index is 5.93. The number of nitrogens with two attached hydrogens (primary N) is 1. The molecule has 0 spiro atoms. The Bertz CT molecular complexity index is 578. The van der Waals surface area contributed by atoms with Crippen LogP contribution in [-0.2, 0) is 12.8 Å². The Hall–Kier alpha value is -1.20. The highest BCUT2D eigenvalue weighted by Crippen LogP contribution is 2.31. The smallest absolute Gasteiger partial charge is 0.136 e. The molecule has 3 fully saturated rings. The molecule has 5 rings (SSSR count). The fourth-order valence-corrected chi connectivity index (χ4v) is 4.23. The van der Waals surface area contributed by atoms with Gasteiger partial charge in [0, 0.05) is 18.3 Å². The first-order valence-electron chi connectivity index (χ1n) is 8.02. The Morgan fingerprint density at radius 2 is 2.14 bits per heavy atom. The highest BCUT2D eigenvalue weighted by Gasteiger charge is 2.34. The molecule has 0 radical (unpaired) electrons. The second kappa shape index (κ2) is 5.21. The minimum Gasteiger partial charge on any atom is -0.389 e. The van der Waals surface area contributed by atoms with Crippen molar-refractivity contribution in [2.24, 2.45) is 11.7 Å². The van der Waals surface area contributed by atoms with Crippen LogP contribution in [0.2, 0.25) is 0 Å². The van der Waals surface area contributed by atoms with Crippen molar-refractivity contribution in [1.82, 2.24) is 9.88 Å². The summed E-state index contributed by atoms with van der Waals surface area (Å²) in [5, 5.41) is 3.67. The lowest BCUT2D eigenvalue weighted by atomic mass is 9.84. The van der Waals surface area contributed by atoms with Crippen molar-refractivity contribution in [3.63, 3.8) is 0 Å². The van der Waals surface area contributed by atoms with Gasteiger partial charge in [0.2, 0.25) is 0 Å². The van der Waals surface area contributed by atoms with Crippen LogP contribution in [0.5, 0.6) is 0 Å². The summed E-state index contributed by atoms with van der Waals surface area (Å²) in [4.78, 5) is 7.86. The molecule has 1 aromatic rings. The summed E-state index contributed by atoms with van der Waals surface area (Å²) >= 11 is 5.24. The molecule has 4 heterocycles. The maximum Gasteiger partial charge on any atom is 0.136 e. The zero-order valence-corrected chi connectivity index (χ0v) is 13.1. The van der Waals surface area contributed by atoms with Crippen molar-refractivity contribution < 1.29 is 0 Å². The van der Waals surface area contributed by atoms with Gasteiger partial charge in [-0.3, -0.25) is 0 Å². The molecular weight excluding hydrogens is 280 g/mol. The van der Waals surface area contributed by atoms with E-state index in [9.17, 15) is 0 Å². The molecule has 0 amide bonds. The van der Waals surface area contributed by atoms with Gasteiger partial charge in [0.1, 0.15) is 10.8 Å². The Morgan fingerprint density at radius 3 is 2.81 bits per heavy atom. The van der Waals surface area contributed by atoms with Crippen molar-refractivity contribution in [1.29, 1.82) is 0 Å². The molecule has 1 unspecified atom stereocenters. The minimum absolute atomic E-state index is 0.459.